The van der Waals surface area contributed by atoms with Crippen molar-refractivity contribution in [2.24, 2.45) is 11.7 Å². The van der Waals surface area contributed by atoms with Crippen molar-refractivity contribution < 1.29 is 4.74 Å². The molecule has 3 heteroatoms. The molecule has 0 amide bonds. The van der Waals surface area contributed by atoms with E-state index < -0.39 is 5.60 Å². The molecule has 0 aromatic heterocycles. The monoisotopic (exact) mass is 359 g/mol. The van der Waals surface area contributed by atoms with Gasteiger partial charge in [0, 0.05) is 12.6 Å². The van der Waals surface area contributed by atoms with Gasteiger partial charge in [-0.15, -0.1) is 12.4 Å². The Morgan fingerprint density at radius 1 is 1.00 bits per heavy atom. The van der Waals surface area contributed by atoms with E-state index in [1.807, 2.05) is 0 Å². The molecule has 0 spiro atoms. The highest BCUT2D eigenvalue weighted by Crippen LogP contribution is 2.41. The van der Waals surface area contributed by atoms with Crippen LogP contribution in [0.5, 0.6) is 0 Å². The quantitative estimate of drug-likeness (QED) is 0.659. The van der Waals surface area contributed by atoms with Crippen LogP contribution in [-0.4, -0.2) is 12.6 Å². The van der Waals surface area contributed by atoms with Gasteiger partial charge >= 0.3 is 0 Å². The van der Waals surface area contributed by atoms with E-state index in [4.69, 9.17) is 10.5 Å². The first-order valence-corrected chi connectivity index (χ1v) is 9.25. The van der Waals surface area contributed by atoms with Crippen LogP contribution < -0.4 is 5.73 Å². The van der Waals surface area contributed by atoms with Gasteiger partial charge in [0.25, 0.3) is 0 Å². The maximum atomic E-state index is 6.57. The summed E-state index contributed by atoms with van der Waals surface area (Å²) in [4.78, 5) is 0. The van der Waals surface area contributed by atoms with Crippen LogP contribution in [0.15, 0.2) is 60.7 Å². The zero-order valence-corrected chi connectivity index (χ0v) is 15.9. The number of benzene rings is 2. The van der Waals surface area contributed by atoms with Crippen LogP contribution in [0.1, 0.15) is 50.2 Å². The molecule has 1 unspecified atom stereocenters. The van der Waals surface area contributed by atoms with E-state index in [9.17, 15) is 0 Å². The van der Waals surface area contributed by atoms with Gasteiger partial charge in [0.15, 0.2) is 0 Å². The second-order valence-corrected chi connectivity index (χ2v) is 7.05. The minimum absolute atomic E-state index is 0. The first kappa shape index (κ1) is 20.0. The second kappa shape index (κ2) is 9.38. The maximum Gasteiger partial charge on any atom is 0.120 e. The maximum absolute atomic E-state index is 6.57. The molecule has 3 rings (SSSR count). The fraction of sp³-hybridized carbons (Fsp3) is 0.455. The van der Waals surface area contributed by atoms with Crippen molar-refractivity contribution in [1.82, 2.24) is 0 Å². The molecular formula is C22H30ClNO. The molecule has 2 aromatic rings. The van der Waals surface area contributed by atoms with Crippen LogP contribution >= 0.6 is 12.4 Å². The van der Waals surface area contributed by atoms with Crippen molar-refractivity contribution in [1.29, 1.82) is 0 Å². The highest BCUT2D eigenvalue weighted by Gasteiger charge is 2.38. The molecule has 1 fully saturated rings. The largest absolute Gasteiger partial charge is 0.365 e. The molecule has 1 aliphatic carbocycles. The number of rotatable bonds is 9. The lowest BCUT2D eigenvalue weighted by molar-refractivity contribution is -0.0297. The van der Waals surface area contributed by atoms with Crippen molar-refractivity contribution in [3.05, 3.63) is 71.8 Å². The van der Waals surface area contributed by atoms with Gasteiger partial charge in [-0.25, -0.2) is 0 Å². The Balaban J connectivity index is 0.00000225. The number of halogens is 1. The average molecular weight is 360 g/mol. The van der Waals surface area contributed by atoms with Crippen LogP contribution in [0.3, 0.4) is 0 Å². The number of hydrogen-bond donors (Lipinski definition) is 1. The Morgan fingerprint density at radius 2 is 1.52 bits per heavy atom. The molecule has 0 saturated heterocycles. The van der Waals surface area contributed by atoms with Gasteiger partial charge in [-0.05, 0) is 36.3 Å². The van der Waals surface area contributed by atoms with Crippen LogP contribution in [0.2, 0.25) is 0 Å². The standard InChI is InChI=1S/C22H29NO.ClH/c1-2-15-24-22(19-9-5-3-6-10-19,20-11-7-4-8-12-20)17-21(23)16-18-13-14-18;/h3-12,18,21H,2,13-17,23H2,1H3;1H. The molecule has 1 saturated carbocycles. The zero-order valence-electron chi connectivity index (χ0n) is 15.1. The predicted octanol–water partition coefficient (Wildman–Crippen LogP) is 5.30. The van der Waals surface area contributed by atoms with Crippen LogP contribution in [0.4, 0.5) is 0 Å². The SMILES string of the molecule is CCCOC(CC(N)CC1CC1)(c1ccccc1)c1ccccc1.Cl. The highest BCUT2D eigenvalue weighted by atomic mass is 35.5. The number of ether oxygens (including phenoxy) is 1. The zero-order chi connectivity index (χ0) is 16.8. The molecule has 1 atom stereocenters. The molecule has 2 aromatic carbocycles. The van der Waals surface area contributed by atoms with E-state index in [0.29, 0.717) is 0 Å². The second-order valence-electron chi connectivity index (χ2n) is 7.05. The van der Waals surface area contributed by atoms with Gasteiger partial charge in [-0.3, -0.25) is 0 Å². The smallest absolute Gasteiger partial charge is 0.120 e. The molecule has 0 radical (unpaired) electrons. The Morgan fingerprint density at radius 3 is 1.96 bits per heavy atom. The minimum Gasteiger partial charge on any atom is -0.365 e. The summed E-state index contributed by atoms with van der Waals surface area (Å²) < 4.78 is 6.54. The van der Waals surface area contributed by atoms with E-state index in [-0.39, 0.29) is 18.4 Å². The molecular weight excluding hydrogens is 330 g/mol. The van der Waals surface area contributed by atoms with E-state index in [1.165, 1.54) is 24.0 Å². The van der Waals surface area contributed by atoms with Gasteiger partial charge in [-0.2, -0.15) is 0 Å². The molecule has 2 nitrogen and oxygen atoms in total. The minimum atomic E-state index is -0.452. The molecule has 0 bridgehead atoms. The fourth-order valence-electron chi connectivity index (χ4n) is 3.55. The van der Waals surface area contributed by atoms with Crippen molar-refractivity contribution >= 4 is 12.4 Å². The van der Waals surface area contributed by atoms with Gasteiger partial charge in [0.1, 0.15) is 5.60 Å². The number of nitrogens with two attached hydrogens (primary N) is 1. The van der Waals surface area contributed by atoms with Gasteiger partial charge in [0.2, 0.25) is 0 Å². The summed E-state index contributed by atoms with van der Waals surface area (Å²) in [6.45, 7) is 2.89. The lowest BCUT2D eigenvalue weighted by Gasteiger charge is -2.37. The van der Waals surface area contributed by atoms with Crippen molar-refractivity contribution in [2.45, 2.75) is 50.7 Å². The Labute approximate surface area is 158 Å². The van der Waals surface area contributed by atoms with Crippen molar-refractivity contribution in [3.63, 3.8) is 0 Å². The van der Waals surface area contributed by atoms with Crippen LogP contribution in [-0.2, 0) is 10.3 Å². The Kier molecular flexibility index (Phi) is 7.49. The number of hydrogen-bond acceptors (Lipinski definition) is 2. The van der Waals surface area contributed by atoms with Crippen LogP contribution in [0.25, 0.3) is 0 Å². The fourth-order valence-corrected chi connectivity index (χ4v) is 3.55. The molecule has 2 N–H and O–H groups in total. The first-order chi connectivity index (χ1) is 11.7. The van der Waals surface area contributed by atoms with E-state index in [2.05, 4.69) is 67.6 Å². The predicted molar refractivity (Wildman–Crippen MR) is 107 cm³/mol. The summed E-state index contributed by atoms with van der Waals surface area (Å²) in [5.41, 5.74) is 8.52. The van der Waals surface area contributed by atoms with Crippen LogP contribution in [0, 0.1) is 5.92 Å². The van der Waals surface area contributed by atoms with Crippen molar-refractivity contribution in [3.8, 4) is 0 Å². The Hall–Kier alpha value is -1.35. The van der Waals surface area contributed by atoms with Gasteiger partial charge in [-0.1, -0.05) is 80.4 Å². The highest BCUT2D eigenvalue weighted by molar-refractivity contribution is 5.85. The third-order valence-electron chi connectivity index (χ3n) is 4.92. The average Bonchev–Trinajstić information content (AvgIpc) is 3.44. The molecule has 0 aliphatic heterocycles. The normalized spacial score (nSPS) is 15.4. The van der Waals surface area contributed by atoms with Gasteiger partial charge < -0.3 is 10.5 Å². The molecule has 25 heavy (non-hydrogen) atoms. The summed E-state index contributed by atoms with van der Waals surface area (Å²) >= 11 is 0. The summed E-state index contributed by atoms with van der Waals surface area (Å²) in [6, 6.07) is 21.3. The molecule has 136 valence electrons. The molecule has 0 heterocycles. The topological polar surface area (TPSA) is 35.2 Å². The summed E-state index contributed by atoms with van der Waals surface area (Å²) in [5.74, 6) is 0.829. The van der Waals surface area contributed by atoms with E-state index in [0.717, 1.165) is 31.8 Å². The third kappa shape index (κ3) is 5.07. The lowest BCUT2D eigenvalue weighted by Crippen LogP contribution is -2.39. The van der Waals surface area contributed by atoms with E-state index in [1.54, 1.807) is 0 Å². The summed E-state index contributed by atoms with van der Waals surface area (Å²) in [5, 5.41) is 0. The summed E-state index contributed by atoms with van der Waals surface area (Å²) in [7, 11) is 0. The Bertz CT molecular complexity index is 573. The third-order valence-corrected chi connectivity index (χ3v) is 4.92. The lowest BCUT2D eigenvalue weighted by atomic mass is 9.80. The van der Waals surface area contributed by atoms with E-state index >= 15 is 0 Å². The van der Waals surface area contributed by atoms with Crippen molar-refractivity contribution in [2.75, 3.05) is 6.61 Å². The summed E-state index contributed by atoms with van der Waals surface area (Å²) in [6.07, 6.45) is 5.62. The molecule has 1 aliphatic rings. The van der Waals surface area contributed by atoms with Gasteiger partial charge in [0.05, 0.1) is 0 Å². The first-order valence-electron chi connectivity index (χ1n) is 9.25.